The molecule has 1 aliphatic heterocycles. The van der Waals surface area contributed by atoms with Crippen LogP contribution in [0.4, 0.5) is 5.69 Å². The van der Waals surface area contributed by atoms with Crippen molar-refractivity contribution in [3.05, 3.63) is 29.3 Å². The molecule has 3 heteroatoms. The number of aryl methyl sites for hydroxylation is 1. The quantitative estimate of drug-likeness (QED) is 0.898. The Morgan fingerprint density at radius 2 is 2.05 bits per heavy atom. The number of nitrogens with zero attached hydrogens (tertiary/aromatic N) is 1. The molecule has 0 amide bonds. The van der Waals surface area contributed by atoms with Crippen LogP contribution in [0.25, 0.3) is 0 Å². The monoisotopic (exact) mass is 261 g/mol. The molecular weight excluding hydrogens is 238 g/mol. The van der Waals surface area contributed by atoms with Gasteiger partial charge in [0.2, 0.25) is 0 Å². The summed E-state index contributed by atoms with van der Waals surface area (Å²) < 4.78 is 0. The van der Waals surface area contributed by atoms with E-state index >= 15 is 0 Å². The van der Waals surface area contributed by atoms with Crippen molar-refractivity contribution in [1.29, 1.82) is 0 Å². The smallest absolute Gasteiger partial charge is 0.335 e. The lowest BCUT2D eigenvalue weighted by Crippen LogP contribution is -2.26. The van der Waals surface area contributed by atoms with Gasteiger partial charge in [-0.2, -0.15) is 0 Å². The van der Waals surface area contributed by atoms with E-state index in [1.807, 2.05) is 19.1 Å². The summed E-state index contributed by atoms with van der Waals surface area (Å²) in [6, 6.07) is 5.67. The summed E-state index contributed by atoms with van der Waals surface area (Å²) >= 11 is 0. The predicted octanol–water partition coefficient (Wildman–Crippen LogP) is 3.71. The van der Waals surface area contributed by atoms with Crippen LogP contribution in [-0.2, 0) is 0 Å². The molecule has 1 saturated heterocycles. The van der Waals surface area contributed by atoms with Crippen LogP contribution in [0.2, 0.25) is 0 Å². The average molecular weight is 261 g/mol. The number of carbonyl (C=O) groups is 1. The number of rotatable bonds is 4. The maximum atomic E-state index is 11.0. The number of carboxylic acids is 1. The molecule has 0 aromatic heterocycles. The summed E-state index contributed by atoms with van der Waals surface area (Å²) in [5.74, 6) is -0.845. The molecule has 0 spiro atoms. The van der Waals surface area contributed by atoms with Crippen LogP contribution >= 0.6 is 0 Å². The molecule has 0 atom stereocenters. The minimum absolute atomic E-state index is 0.403. The Labute approximate surface area is 115 Å². The fourth-order valence-electron chi connectivity index (χ4n) is 3.07. The Morgan fingerprint density at radius 3 is 2.53 bits per heavy atom. The molecule has 0 aliphatic carbocycles. The van der Waals surface area contributed by atoms with E-state index in [1.54, 1.807) is 6.07 Å². The Hall–Kier alpha value is -1.51. The van der Waals surface area contributed by atoms with Crippen molar-refractivity contribution in [2.24, 2.45) is 5.41 Å². The van der Waals surface area contributed by atoms with Crippen LogP contribution in [0.15, 0.2) is 18.2 Å². The van der Waals surface area contributed by atoms with Crippen LogP contribution in [0.1, 0.15) is 49.0 Å². The SMILES string of the molecule is CCC1(CC)CCN(c2ccc(C(=O)O)c(C)c2)C1. The number of aromatic carboxylic acids is 1. The van der Waals surface area contributed by atoms with Crippen molar-refractivity contribution in [2.75, 3.05) is 18.0 Å². The van der Waals surface area contributed by atoms with E-state index in [2.05, 4.69) is 18.7 Å². The van der Waals surface area contributed by atoms with E-state index in [0.717, 1.165) is 24.3 Å². The van der Waals surface area contributed by atoms with Crippen LogP contribution in [-0.4, -0.2) is 24.2 Å². The number of carboxylic acid groups (broad SMARTS) is 1. The van der Waals surface area contributed by atoms with Crippen LogP contribution in [0.5, 0.6) is 0 Å². The van der Waals surface area contributed by atoms with E-state index in [1.165, 1.54) is 19.3 Å². The van der Waals surface area contributed by atoms with Crippen molar-refractivity contribution in [3.63, 3.8) is 0 Å². The molecule has 19 heavy (non-hydrogen) atoms. The minimum atomic E-state index is -0.845. The molecule has 1 heterocycles. The Morgan fingerprint density at radius 1 is 1.37 bits per heavy atom. The molecule has 3 nitrogen and oxygen atoms in total. The molecule has 1 aromatic rings. The lowest BCUT2D eigenvalue weighted by atomic mass is 9.82. The number of hydrogen-bond donors (Lipinski definition) is 1. The summed E-state index contributed by atoms with van der Waals surface area (Å²) in [4.78, 5) is 13.4. The number of benzene rings is 1. The zero-order valence-corrected chi connectivity index (χ0v) is 12.1. The Balaban J connectivity index is 2.21. The largest absolute Gasteiger partial charge is 0.478 e. The molecule has 1 aromatic carbocycles. The summed E-state index contributed by atoms with van der Waals surface area (Å²) in [6.07, 6.45) is 3.66. The highest BCUT2D eigenvalue weighted by atomic mass is 16.4. The van der Waals surface area contributed by atoms with Crippen molar-refractivity contribution < 1.29 is 9.90 Å². The standard InChI is InChI=1S/C16H23NO2/c1-4-16(5-2)8-9-17(11-16)13-6-7-14(15(18)19)12(3)10-13/h6-7,10H,4-5,8-9,11H2,1-3H3,(H,18,19). The fourth-order valence-corrected chi connectivity index (χ4v) is 3.07. The van der Waals surface area contributed by atoms with Gasteiger partial charge < -0.3 is 10.0 Å². The van der Waals surface area contributed by atoms with Gasteiger partial charge in [-0.1, -0.05) is 13.8 Å². The second-order valence-electron chi connectivity index (χ2n) is 5.68. The highest BCUT2D eigenvalue weighted by Crippen LogP contribution is 2.39. The van der Waals surface area contributed by atoms with Gasteiger partial charge in [-0.3, -0.25) is 0 Å². The zero-order valence-electron chi connectivity index (χ0n) is 12.1. The minimum Gasteiger partial charge on any atom is -0.478 e. The molecule has 0 bridgehead atoms. The molecule has 0 radical (unpaired) electrons. The van der Waals surface area contributed by atoms with Gasteiger partial charge in [-0.15, -0.1) is 0 Å². The van der Waals surface area contributed by atoms with Gasteiger partial charge in [-0.05, 0) is 55.4 Å². The molecule has 1 N–H and O–H groups in total. The van der Waals surface area contributed by atoms with E-state index in [0.29, 0.717) is 11.0 Å². The Bertz CT molecular complexity index is 478. The van der Waals surface area contributed by atoms with Crippen molar-refractivity contribution in [3.8, 4) is 0 Å². The summed E-state index contributed by atoms with van der Waals surface area (Å²) in [6.45, 7) is 8.58. The molecule has 0 saturated carbocycles. The van der Waals surface area contributed by atoms with Gasteiger partial charge >= 0.3 is 5.97 Å². The predicted molar refractivity (Wildman–Crippen MR) is 78.0 cm³/mol. The van der Waals surface area contributed by atoms with Gasteiger partial charge in [0.05, 0.1) is 5.56 Å². The molecular formula is C16H23NO2. The lowest BCUT2D eigenvalue weighted by molar-refractivity contribution is 0.0696. The van der Waals surface area contributed by atoms with Crippen LogP contribution in [0.3, 0.4) is 0 Å². The molecule has 1 fully saturated rings. The normalized spacial score (nSPS) is 17.7. The van der Waals surface area contributed by atoms with E-state index in [-0.39, 0.29) is 0 Å². The summed E-state index contributed by atoms with van der Waals surface area (Å²) in [5.41, 5.74) is 2.85. The number of hydrogen-bond acceptors (Lipinski definition) is 2. The second-order valence-corrected chi connectivity index (χ2v) is 5.68. The average Bonchev–Trinajstić information content (AvgIpc) is 2.83. The highest BCUT2D eigenvalue weighted by molar-refractivity contribution is 5.89. The van der Waals surface area contributed by atoms with Gasteiger partial charge in [0.25, 0.3) is 0 Å². The summed E-state index contributed by atoms with van der Waals surface area (Å²) in [5, 5.41) is 9.07. The van der Waals surface area contributed by atoms with E-state index < -0.39 is 5.97 Å². The molecule has 104 valence electrons. The van der Waals surface area contributed by atoms with E-state index in [9.17, 15) is 4.79 Å². The van der Waals surface area contributed by atoms with Crippen molar-refractivity contribution in [1.82, 2.24) is 0 Å². The second kappa shape index (κ2) is 5.24. The zero-order chi connectivity index (χ0) is 14.0. The first-order chi connectivity index (χ1) is 9.01. The van der Waals surface area contributed by atoms with Crippen molar-refractivity contribution >= 4 is 11.7 Å². The third-order valence-corrected chi connectivity index (χ3v) is 4.74. The van der Waals surface area contributed by atoms with Gasteiger partial charge in [0.1, 0.15) is 0 Å². The molecule has 2 rings (SSSR count). The van der Waals surface area contributed by atoms with Gasteiger partial charge in [0.15, 0.2) is 0 Å². The molecule has 1 aliphatic rings. The maximum Gasteiger partial charge on any atom is 0.335 e. The fraction of sp³-hybridized carbons (Fsp3) is 0.562. The first-order valence-electron chi connectivity index (χ1n) is 7.10. The topological polar surface area (TPSA) is 40.5 Å². The first-order valence-corrected chi connectivity index (χ1v) is 7.10. The lowest BCUT2D eigenvalue weighted by Gasteiger charge is -2.27. The van der Waals surface area contributed by atoms with Crippen LogP contribution in [0, 0.1) is 12.3 Å². The highest BCUT2D eigenvalue weighted by Gasteiger charge is 2.35. The van der Waals surface area contributed by atoms with Gasteiger partial charge in [0, 0.05) is 18.8 Å². The van der Waals surface area contributed by atoms with Crippen molar-refractivity contribution in [2.45, 2.75) is 40.0 Å². The third-order valence-electron chi connectivity index (χ3n) is 4.74. The van der Waals surface area contributed by atoms with Crippen LogP contribution < -0.4 is 4.90 Å². The maximum absolute atomic E-state index is 11.0. The Kier molecular flexibility index (Phi) is 3.83. The third kappa shape index (κ3) is 2.60. The van der Waals surface area contributed by atoms with Gasteiger partial charge in [-0.25, -0.2) is 4.79 Å². The number of anilines is 1. The summed E-state index contributed by atoms with van der Waals surface area (Å²) in [7, 11) is 0. The first kappa shape index (κ1) is 13.9. The van der Waals surface area contributed by atoms with E-state index in [4.69, 9.17) is 5.11 Å². The molecule has 0 unspecified atom stereocenters.